The molecule has 0 saturated heterocycles. The van der Waals surface area contributed by atoms with Crippen LogP contribution in [0, 0.1) is 5.82 Å². The van der Waals surface area contributed by atoms with Crippen molar-refractivity contribution in [3.63, 3.8) is 0 Å². The molecule has 0 amide bonds. The molecule has 1 nitrogen and oxygen atoms in total. The summed E-state index contributed by atoms with van der Waals surface area (Å²) in [5.74, 6) is 0.0644. The van der Waals surface area contributed by atoms with Gasteiger partial charge in [-0.3, -0.25) is 0 Å². The molecule has 0 bridgehead atoms. The van der Waals surface area contributed by atoms with Crippen molar-refractivity contribution in [2.45, 2.75) is 65.2 Å². The fraction of sp³-hybridized carbons (Fsp3) is 0.478. The van der Waals surface area contributed by atoms with Crippen LogP contribution < -0.4 is 4.74 Å². The Morgan fingerprint density at radius 1 is 0.760 bits per heavy atom. The zero-order chi connectivity index (χ0) is 17.9. The van der Waals surface area contributed by atoms with Crippen LogP contribution in [0.25, 0.3) is 11.1 Å². The van der Waals surface area contributed by atoms with Crippen LogP contribution in [0.3, 0.4) is 0 Å². The smallest absolute Gasteiger partial charge is 0.165 e. The third-order valence-electron chi connectivity index (χ3n) is 4.54. The van der Waals surface area contributed by atoms with E-state index in [9.17, 15) is 4.39 Å². The van der Waals surface area contributed by atoms with Crippen LogP contribution in [0.5, 0.6) is 5.75 Å². The molecule has 0 saturated carbocycles. The summed E-state index contributed by atoms with van der Waals surface area (Å²) in [7, 11) is 0. The van der Waals surface area contributed by atoms with Crippen molar-refractivity contribution in [3.8, 4) is 16.9 Å². The first-order valence-corrected chi connectivity index (χ1v) is 9.76. The number of hydrogen-bond donors (Lipinski definition) is 0. The lowest BCUT2D eigenvalue weighted by atomic mass is 10.0. The molecule has 25 heavy (non-hydrogen) atoms. The van der Waals surface area contributed by atoms with Crippen molar-refractivity contribution in [1.29, 1.82) is 0 Å². The summed E-state index contributed by atoms with van der Waals surface area (Å²) in [6.07, 6.45) is 9.63. The van der Waals surface area contributed by atoms with Crippen LogP contribution >= 0.6 is 0 Å². The first kappa shape index (κ1) is 19.5. The Morgan fingerprint density at radius 2 is 1.44 bits per heavy atom. The lowest BCUT2D eigenvalue weighted by Gasteiger charge is -2.09. The van der Waals surface area contributed by atoms with Crippen molar-refractivity contribution >= 4 is 0 Å². The average molecular weight is 342 g/mol. The maximum atomic E-state index is 14.2. The lowest BCUT2D eigenvalue weighted by Crippen LogP contribution is -1.98. The largest absolute Gasteiger partial charge is 0.491 e. The Hall–Kier alpha value is -1.83. The van der Waals surface area contributed by atoms with Gasteiger partial charge in [0.05, 0.1) is 6.61 Å². The molecule has 2 aromatic rings. The summed E-state index contributed by atoms with van der Waals surface area (Å²) in [5.41, 5.74) is 3.31. The van der Waals surface area contributed by atoms with Gasteiger partial charge in [0.15, 0.2) is 11.6 Å². The monoisotopic (exact) mass is 342 g/mol. The van der Waals surface area contributed by atoms with Crippen molar-refractivity contribution < 1.29 is 9.13 Å². The van der Waals surface area contributed by atoms with E-state index in [0.717, 1.165) is 30.4 Å². The molecule has 0 N–H and O–H groups in total. The molecule has 0 unspecified atom stereocenters. The van der Waals surface area contributed by atoms with E-state index in [0.29, 0.717) is 12.4 Å². The summed E-state index contributed by atoms with van der Waals surface area (Å²) in [6.45, 7) is 4.91. The van der Waals surface area contributed by atoms with E-state index in [1.54, 1.807) is 12.1 Å². The molecule has 0 heterocycles. The highest BCUT2D eigenvalue weighted by molar-refractivity contribution is 5.64. The second kappa shape index (κ2) is 10.9. The Bertz CT molecular complexity index is 618. The molecule has 0 atom stereocenters. The van der Waals surface area contributed by atoms with Gasteiger partial charge in [-0.25, -0.2) is 4.39 Å². The van der Waals surface area contributed by atoms with Crippen molar-refractivity contribution in [2.24, 2.45) is 0 Å². The van der Waals surface area contributed by atoms with E-state index in [1.165, 1.54) is 37.7 Å². The minimum Gasteiger partial charge on any atom is -0.491 e. The fourth-order valence-corrected chi connectivity index (χ4v) is 2.92. The number of rotatable bonds is 11. The SMILES string of the molecule is CCCCCCCc1ccc(-c2ccc(OCCCC)c(F)c2)cc1. The first-order chi connectivity index (χ1) is 12.2. The van der Waals surface area contributed by atoms with Gasteiger partial charge < -0.3 is 4.74 Å². The zero-order valence-electron chi connectivity index (χ0n) is 15.7. The summed E-state index contributed by atoms with van der Waals surface area (Å²) in [4.78, 5) is 0. The minimum absolute atomic E-state index is 0.284. The second-order valence-electron chi connectivity index (χ2n) is 6.71. The summed E-state index contributed by atoms with van der Waals surface area (Å²) >= 11 is 0. The number of benzene rings is 2. The number of hydrogen-bond acceptors (Lipinski definition) is 1. The predicted molar refractivity (Wildman–Crippen MR) is 105 cm³/mol. The molecule has 2 aromatic carbocycles. The fourth-order valence-electron chi connectivity index (χ4n) is 2.92. The Balaban J connectivity index is 1.91. The van der Waals surface area contributed by atoms with Crippen molar-refractivity contribution in [3.05, 3.63) is 53.8 Å². The van der Waals surface area contributed by atoms with Crippen LogP contribution in [0.1, 0.15) is 64.4 Å². The van der Waals surface area contributed by atoms with Crippen LogP contribution in [0.2, 0.25) is 0 Å². The molecular weight excluding hydrogens is 311 g/mol. The number of aryl methyl sites for hydroxylation is 1. The first-order valence-electron chi connectivity index (χ1n) is 9.76. The molecule has 0 radical (unpaired) electrons. The highest BCUT2D eigenvalue weighted by Crippen LogP contribution is 2.26. The molecular formula is C23H31FO. The Kier molecular flexibility index (Phi) is 8.51. The van der Waals surface area contributed by atoms with Gasteiger partial charge in [0.2, 0.25) is 0 Å². The molecule has 0 spiro atoms. The summed E-state index contributed by atoms with van der Waals surface area (Å²) < 4.78 is 19.7. The highest BCUT2D eigenvalue weighted by atomic mass is 19.1. The van der Waals surface area contributed by atoms with Crippen LogP contribution in [0.4, 0.5) is 4.39 Å². The standard InChI is InChI=1S/C23H31FO/c1-3-5-7-8-9-10-19-11-13-20(14-12-19)21-15-16-23(22(24)18-21)25-17-6-4-2/h11-16,18H,3-10,17H2,1-2H3. The third-order valence-corrected chi connectivity index (χ3v) is 4.54. The van der Waals surface area contributed by atoms with E-state index in [2.05, 4.69) is 38.1 Å². The Labute approximate surface area is 152 Å². The van der Waals surface area contributed by atoms with Gasteiger partial charge in [0.25, 0.3) is 0 Å². The zero-order valence-corrected chi connectivity index (χ0v) is 15.7. The average Bonchev–Trinajstić information content (AvgIpc) is 2.63. The normalized spacial score (nSPS) is 10.8. The molecule has 2 rings (SSSR count). The minimum atomic E-state index is -0.284. The highest BCUT2D eigenvalue weighted by Gasteiger charge is 2.06. The molecule has 136 valence electrons. The summed E-state index contributed by atoms with van der Waals surface area (Å²) in [5, 5.41) is 0. The van der Waals surface area contributed by atoms with E-state index in [-0.39, 0.29) is 5.82 Å². The lowest BCUT2D eigenvalue weighted by molar-refractivity contribution is 0.294. The number of unbranched alkanes of at least 4 members (excludes halogenated alkanes) is 5. The van der Waals surface area contributed by atoms with Gasteiger partial charge in [-0.15, -0.1) is 0 Å². The molecule has 2 heteroatoms. The van der Waals surface area contributed by atoms with Crippen LogP contribution in [0.15, 0.2) is 42.5 Å². The van der Waals surface area contributed by atoms with Gasteiger partial charge in [-0.1, -0.05) is 76.3 Å². The predicted octanol–water partition coefficient (Wildman–Crippen LogP) is 7.18. The topological polar surface area (TPSA) is 9.23 Å². The van der Waals surface area contributed by atoms with Crippen LogP contribution in [-0.2, 0) is 6.42 Å². The van der Waals surface area contributed by atoms with Crippen LogP contribution in [-0.4, -0.2) is 6.61 Å². The number of halogens is 1. The molecule has 0 aliphatic heterocycles. The molecule has 0 aliphatic carbocycles. The second-order valence-corrected chi connectivity index (χ2v) is 6.71. The van der Waals surface area contributed by atoms with Gasteiger partial charge in [0.1, 0.15) is 0 Å². The maximum Gasteiger partial charge on any atom is 0.165 e. The van der Waals surface area contributed by atoms with E-state index >= 15 is 0 Å². The summed E-state index contributed by atoms with van der Waals surface area (Å²) in [6, 6.07) is 13.8. The Morgan fingerprint density at radius 3 is 2.12 bits per heavy atom. The van der Waals surface area contributed by atoms with Gasteiger partial charge in [-0.2, -0.15) is 0 Å². The molecule has 0 fully saturated rings. The maximum absolute atomic E-state index is 14.2. The van der Waals surface area contributed by atoms with E-state index in [1.807, 2.05) is 6.07 Å². The van der Waals surface area contributed by atoms with Crippen molar-refractivity contribution in [2.75, 3.05) is 6.61 Å². The van der Waals surface area contributed by atoms with Crippen molar-refractivity contribution in [1.82, 2.24) is 0 Å². The van der Waals surface area contributed by atoms with E-state index < -0.39 is 0 Å². The van der Waals surface area contributed by atoms with Gasteiger partial charge >= 0.3 is 0 Å². The van der Waals surface area contributed by atoms with Gasteiger partial charge in [-0.05, 0) is 48.1 Å². The quantitative estimate of drug-likeness (QED) is 0.393. The molecule has 0 aromatic heterocycles. The molecule has 0 aliphatic rings. The van der Waals surface area contributed by atoms with Gasteiger partial charge in [0, 0.05) is 0 Å². The third kappa shape index (κ3) is 6.53. The van der Waals surface area contributed by atoms with E-state index in [4.69, 9.17) is 4.74 Å². The number of ether oxygens (including phenoxy) is 1.